The van der Waals surface area contributed by atoms with Crippen molar-refractivity contribution in [2.75, 3.05) is 20.2 Å². The number of hydrogen-bond acceptors (Lipinski definition) is 8. The zero-order valence-corrected chi connectivity index (χ0v) is 48.3. The van der Waals surface area contributed by atoms with Gasteiger partial charge in [0, 0.05) is 28.8 Å². The molecule has 0 radical (unpaired) electrons. The first-order valence-corrected chi connectivity index (χ1v) is 30.3. The van der Waals surface area contributed by atoms with Gasteiger partial charge in [-0.1, -0.05) is 166 Å². The summed E-state index contributed by atoms with van der Waals surface area (Å²) >= 11 is 3.46. The first-order valence-electron chi connectivity index (χ1n) is 28.6. The van der Waals surface area contributed by atoms with E-state index in [4.69, 9.17) is 13.6 Å². The average molecular weight is 1030 g/mol. The van der Waals surface area contributed by atoms with Gasteiger partial charge in [-0.15, -0.1) is 22.7 Å². The van der Waals surface area contributed by atoms with Crippen LogP contribution >= 0.6 is 22.7 Å². The molecule has 0 spiro atoms. The predicted octanol–water partition coefficient (Wildman–Crippen LogP) is 18.7. The lowest BCUT2D eigenvalue weighted by atomic mass is 9.94. The van der Waals surface area contributed by atoms with Crippen LogP contribution in [0.2, 0.25) is 0 Å². The van der Waals surface area contributed by atoms with Crippen LogP contribution in [0.25, 0.3) is 42.2 Å². The maximum Gasteiger partial charge on any atom is 0.338 e. The standard InChI is InChI=1S/C63H88N2O6S2/c1-12-17-22-25-30-42(28-20-15-4)39-64-56(54-55(61(64)67)57(49-35-36-52(71-49)63(8,9)10)65(60(54)66)40-43(29-21-16-5)31-26-23-18-13-2)48-34-33-47(70-48)51-37-45-44(32-27-24-19-14-3)53(62(68)69-11)46-38-50(41(6)7)72-59(46)58(45)73-51/h33-38,41-43H,12-32,39-40H2,1-11H3. The molecule has 2 amide bonds. The highest BCUT2D eigenvalue weighted by atomic mass is 32.1. The number of esters is 1. The number of unbranched alkanes of at least 4 members (excludes halogenated alkanes) is 11. The van der Waals surface area contributed by atoms with Gasteiger partial charge in [0.1, 0.15) is 22.9 Å². The van der Waals surface area contributed by atoms with Crippen LogP contribution in [0.3, 0.4) is 0 Å². The summed E-state index contributed by atoms with van der Waals surface area (Å²) in [5.74, 6) is 2.87. The largest absolute Gasteiger partial charge is 0.465 e. The zero-order valence-electron chi connectivity index (χ0n) is 46.6. The van der Waals surface area contributed by atoms with Gasteiger partial charge < -0.3 is 23.4 Å². The van der Waals surface area contributed by atoms with Crippen LogP contribution in [0.5, 0.6) is 0 Å². The SMILES string of the molecule is CCCCCCc1c(C(=O)OC)c2cc(C(C)C)sc2c2sc(-c3ccc(C4=C5C(=O)N(CC(CCCC)CCCCCC)C(c6ccc(C(C)(C)C)o6)=C5C(=O)N4CC(CCCC)CCCCCC)o3)cc12. The van der Waals surface area contributed by atoms with E-state index >= 15 is 9.59 Å². The molecule has 1 aromatic carbocycles. The zero-order chi connectivity index (χ0) is 52.4. The molecule has 0 fully saturated rings. The van der Waals surface area contributed by atoms with Crippen LogP contribution < -0.4 is 0 Å². The second-order valence-corrected chi connectivity index (χ2v) is 24.8. The number of benzene rings is 1. The summed E-state index contributed by atoms with van der Waals surface area (Å²) in [6.07, 6.45) is 22.9. The predicted molar refractivity (Wildman–Crippen MR) is 306 cm³/mol. The summed E-state index contributed by atoms with van der Waals surface area (Å²) in [7, 11) is 1.48. The maximum atomic E-state index is 15.7. The highest BCUT2D eigenvalue weighted by Crippen LogP contribution is 2.51. The van der Waals surface area contributed by atoms with Gasteiger partial charge in [-0.25, -0.2) is 4.79 Å². The molecule has 0 N–H and O–H groups in total. The minimum Gasteiger partial charge on any atom is -0.465 e. The van der Waals surface area contributed by atoms with Crippen LogP contribution in [-0.2, 0) is 26.2 Å². The molecule has 4 aromatic heterocycles. The number of aryl methyl sites for hydroxylation is 1. The topological polar surface area (TPSA) is 93.2 Å². The Morgan fingerprint density at radius 2 is 1.10 bits per heavy atom. The van der Waals surface area contributed by atoms with Crippen LogP contribution in [0.4, 0.5) is 0 Å². The highest BCUT2D eigenvalue weighted by molar-refractivity contribution is 7.29. The molecule has 2 unspecified atom stereocenters. The maximum absolute atomic E-state index is 15.7. The lowest BCUT2D eigenvalue weighted by molar-refractivity contribution is -0.124. The third-order valence-corrected chi connectivity index (χ3v) is 18.2. The first-order chi connectivity index (χ1) is 35.2. The molecular weight excluding hydrogens is 945 g/mol. The summed E-state index contributed by atoms with van der Waals surface area (Å²) in [5, 5.41) is 2.04. The number of hydrogen-bond donors (Lipinski definition) is 0. The fraction of sp³-hybridized carbons (Fsp3) is 0.603. The summed E-state index contributed by atoms with van der Waals surface area (Å²) in [4.78, 5) is 51.3. The Balaban J connectivity index is 1.41. The number of furan rings is 2. The number of nitrogens with zero attached hydrogens (tertiary/aromatic N) is 2. The smallest absolute Gasteiger partial charge is 0.338 e. The van der Waals surface area contributed by atoms with Crippen LogP contribution in [0.1, 0.15) is 242 Å². The lowest BCUT2D eigenvalue weighted by Crippen LogP contribution is -2.34. The quantitative estimate of drug-likeness (QED) is 0.0336. The van der Waals surface area contributed by atoms with Gasteiger partial charge in [0.25, 0.3) is 11.8 Å². The summed E-state index contributed by atoms with van der Waals surface area (Å²) in [6.45, 7) is 23.0. The Morgan fingerprint density at radius 1 is 0.603 bits per heavy atom. The second-order valence-electron chi connectivity index (χ2n) is 22.6. The number of ether oxygens (including phenoxy) is 1. The van der Waals surface area contributed by atoms with Crippen molar-refractivity contribution in [3.05, 3.63) is 80.8 Å². The van der Waals surface area contributed by atoms with Gasteiger partial charge in [0.15, 0.2) is 11.5 Å². The summed E-state index contributed by atoms with van der Waals surface area (Å²) < 4.78 is 21.6. The van der Waals surface area contributed by atoms with E-state index in [9.17, 15) is 4.79 Å². The van der Waals surface area contributed by atoms with Gasteiger partial charge in [-0.3, -0.25) is 9.59 Å². The van der Waals surface area contributed by atoms with Crippen molar-refractivity contribution in [3.63, 3.8) is 0 Å². The molecule has 2 aliphatic rings. The molecule has 0 saturated heterocycles. The Morgan fingerprint density at radius 3 is 1.60 bits per heavy atom. The van der Waals surface area contributed by atoms with E-state index in [1.807, 2.05) is 34.1 Å². The summed E-state index contributed by atoms with van der Waals surface area (Å²) in [5.41, 5.74) is 3.51. The molecule has 2 aliphatic heterocycles. The number of fused-ring (bicyclic) bond motifs is 4. The number of carbonyl (C=O) groups excluding carboxylic acids is 3. The fourth-order valence-corrected chi connectivity index (χ4v) is 13.6. The van der Waals surface area contributed by atoms with Crippen molar-refractivity contribution in [3.8, 4) is 10.6 Å². The van der Waals surface area contributed by atoms with E-state index in [1.165, 1.54) is 50.5 Å². The number of amides is 2. The third-order valence-electron chi connectivity index (χ3n) is 15.4. The van der Waals surface area contributed by atoms with Gasteiger partial charge >= 0.3 is 5.97 Å². The van der Waals surface area contributed by atoms with Crippen LogP contribution in [0.15, 0.2) is 56.4 Å². The molecule has 10 heteroatoms. The Kier molecular flexibility index (Phi) is 20.0. The van der Waals surface area contributed by atoms with Crippen molar-refractivity contribution in [2.45, 2.75) is 215 Å². The molecule has 0 saturated carbocycles. The highest BCUT2D eigenvalue weighted by Gasteiger charge is 2.51. The fourth-order valence-electron chi connectivity index (χ4n) is 11.2. The monoisotopic (exact) mass is 1030 g/mol. The van der Waals surface area contributed by atoms with Gasteiger partial charge in [-0.05, 0) is 104 Å². The number of thiophene rings is 2. The molecule has 6 heterocycles. The lowest BCUT2D eigenvalue weighted by Gasteiger charge is -2.29. The van der Waals surface area contributed by atoms with E-state index in [1.54, 1.807) is 22.7 Å². The van der Waals surface area contributed by atoms with E-state index < -0.39 is 0 Å². The second kappa shape index (κ2) is 25.9. The van der Waals surface area contributed by atoms with Crippen molar-refractivity contribution in [2.24, 2.45) is 11.8 Å². The molecule has 7 rings (SSSR count). The van der Waals surface area contributed by atoms with Crippen LogP contribution in [-0.4, -0.2) is 47.8 Å². The van der Waals surface area contributed by atoms with Crippen molar-refractivity contribution < 1.29 is 28.0 Å². The molecule has 73 heavy (non-hydrogen) atoms. The van der Waals surface area contributed by atoms with Gasteiger partial charge in [-0.2, -0.15) is 0 Å². The van der Waals surface area contributed by atoms with Crippen molar-refractivity contribution >= 4 is 72.0 Å². The molecule has 8 nitrogen and oxygen atoms in total. The molecule has 5 aromatic rings. The third kappa shape index (κ3) is 12.7. The van der Waals surface area contributed by atoms with E-state index in [-0.39, 0.29) is 35.0 Å². The molecular formula is C63H88N2O6S2. The normalized spacial score (nSPS) is 15.2. The molecule has 0 aliphatic carbocycles. The van der Waals surface area contributed by atoms with Gasteiger partial charge in [0.2, 0.25) is 0 Å². The average Bonchev–Trinajstić information content (AvgIpc) is 4.24. The minimum atomic E-state index is -0.295. The first kappa shape index (κ1) is 56.3. The summed E-state index contributed by atoms with van der Waals surface area (Å²) in [6, 6.07) is 12.4. The van der Waals surface area contributed by atoms with Gasteiger partial charge in [0.05, 0.1) is 38.1 Å². The number of carbonyl (C=O) groups is 3. The van der Waals surface area contributed by atoms with Crippen molar-refractivity contribution in [1.82, 2.24) is 9.80 Å². The van der Waals surface area contributed by atoms with E-state index in [0.717, 1.165) is 133 Å². The Labute approximate surface area is 446 Å². The Hall–Kier alpha value is -4.41. The van der Waals surface area contributed by atoms with E-state index in [2.05, 4.69) is 81.4 Å². The Bertz CT molecular complexity index is 2730. The molecule has 0 bridgehead atoms. The number of methoxy groups -OCH3 is 1. The van der Waals surface area contributed by atoms with Crippen LogP contribution in [0, 0.1) is 11.8 Å². The number of rotatable bonds is 30. The molecule has 398 valence electrons. The van der Waals surface area contributed by atoms with E-state index in [0.29, 0.717) is 64.4 Å². The van der Waals surface area contributed by atoms with Crippen molar-refractivity contribution in [1.29, 1.82) is 0 Å². The molecule has 2 atom stereocenters. The minimum absolute atomic E-state index is 0.142.